The molecule has 3 aromatic rings. The molecule has 0 radical (unpaired) electrons. The average Bonchev–Trinajstić information content (AvgIpc) is 3.46. The van der Waals surface area contributed by atoms with Crippen LogP contribution in [-0.2, 0) is 24.7 Å². The van der Waals surface area contributed by atoms with Gasteiger partial charge < -0.3 is 19.7 Å². The van der Waals surface area contributed by atoms with Gasteiger partial charge in [0.2, 0.25) is 0 Å². The van der Waals surface area contributed by atoms with Crippen molar-refractivity contribution in [1.29, 1.82) is 0 Å². The smallest absolute Gasteiger partial charge is 0.303 e. The fourth-order valence-electron chi connectivity index (χ4n) is 9.67. The number of hydrogen-bond donors (Lipinski definition) is 2. The summed E-state index contributed by atoms with van der Waals surface area (Å²) in [6.45, 7) is 9.42. The summed E-state index contributed by atoms with van der Waals surface area (Å²) in [6, 6.07) is 30.2. The second-order valence-corrected chi connectivity index (χ2v) is 14.8. The lowest BCUT2D eigenvalue weighted by molar-refractivity contribution is -0.162. The molecule has 4 aliphatic rings. The largest absolute Gasteiger partial charge is 0.458 e. The van der Waals surface area contributed by atoms with Gasteiger partial charge in [0, 0.05) is 36.5 Å². The summed E-state index contributed by atoms with van der Waals surface area (Å²) in [5.41, 5.74) is -1.64. The highest BCUT2D eigenvalue weighted by atomic mass is 16.6. The lowest BCUT2D eigenvalue weighted by Gasteiger charge is -2.48. The normalized spacial score (nSPS) is 33.8. The standard InChI is InChI=1S/C41H44O6/c1-26-21-34-38(44,36(26)43)24-29(22-33-35-37(4,5)39(35,47-28(3)42)23-27(2)40(33,34)45)25-46-41(30-15-9-6-10-16-30,31-17-11-7-12-18-31)32-19-13-8-14-20-32/h6-22,26-27,33,35,44-45H,23-25H2,1-5H3/t26?,27-,33+,35-,38-,39+,40-/m1/s1. The number of hydrogen-bond acceptors (Lipinski definition) is 6. The lowest BCUT2D eigenvalue weighted by Crippen LogP contribution is -2.57. The molecule has 2 fully saturated rings. The molecule has 4 aliphatic carbocycles. The zero-order valence-corrected chi connectivity index (χ0v) is 27.8. The van der Waals surface area contributed by atoms with Gasteiger partial charge in [-0.1, -0.05) is 131 Å². The van der Waals surface area contributed by atoms with Gasteiger partial charge in [-0.25, -0.2) is 0 Å². The summed E-state index contributed by atoms with van der Waals surface area (Å²) in [6.07, 6.45) is 4.26. The predicted octanol–water partition coefficient (Wildman–Crippen LogP) is 6.55. The molecule has 0 heterocycles. The number of carbonyl (C=O) groups is 2. The molecule has 6 heteroatoms. The highest BCUT2D eigenvalue weighted by Crippen LogP contribution is 2.76. The number of benzene rings is 3. The van der Waals surface area contributed by atoms with Crippen molar-refractivity contribution in [2.24, 2.45) is 29.1 Å². The number of Topliss-reactive ketones (excluding diaryl/α,β-unsaturated/α-hetero) is 1. The third kappa shape index (κ3) is 4.41. The van der Waals surface area contributed by atoms with Gasteiger partial charge in [0.25, 0.3) is 0 Å². The number of ketones is 1. The molecule has 47 heavy (non-hydrogen) atoms. The van der Waals surface area contributed by atoms with E-state index in [1.54, 1.807) is 13.0 Å². The Kier molecular flexibility index (Phi) is 7.32. The monoisotopic (exact) mass is 632 g/mol. The van der Waals surface area contributed by atoms with E-state index in [9.17, 15) is 19.8 Å². The van der Waals surface area contributed by atoms with Crippen LogP contribution in [0, 0.1) is 29.1 Å². The molecular formula is C41H44O6. The van der Waals surface area contributed by atoms with E-state index in [2.05, 4.69) is 50.2 Å². The molecule has 0 amide bonds. The van der Waals surface area contributed by atoms with E-state index in [0.29, 0.717) is 12.0 Å². The van der Waals surface area contributed by atoms with E-state index in [-0.39, 0.29) is 30.7 Å². The van der Waals surface area contributed by atoms with Crippen LogP contribution in [0.2, 0.25) is 0 Å². The highest BCUT2D eigenvalue weighted by molar-refractivity contribution is 5.98. The van der Waals surface area contributed by atoms with Crippen molar-refractivity contribution in [1.82, 2.24) is 0 Å². The van der Waals surface area contributed by atoms with Gasteiger partial charge in [-0.2, -0.15) is 0 Å². The van der Waals surface area contributed by atoms with Crippen LogP contribution in [0.25, 0.3) is 0 Å². The molecule has 7 atom stereocenters. The van der Waals surface area contributed by atoms with Crippen LogP contribution in [0.5, 0.6) is 0 Å². The number of ether oxygens (including phenoxy) is 2. The third-order valence-electron chi connectivity index (χ3n) is 11.9. The maximum Gasteiger partial charge on any atom is 0.303 e. The topological polar surface area (TPSA) is 93.1 Å². The highest BCUT2D eigenvalue weighted by Gasteiger charge is 2.82. The lowest BCUT2D eigenvalue weighted by atomic mass is 9.62. The minimum atomic E-state index is -1.87. The minimum Gasteiger partial charge on any atom is -0.458 e. The van der Waals surface area contributed by atoms with Gasteiger partial charge in [0.1, 0.15) is 11.2 Å². The van der Waals surface area contributed by atoms with Crippen molar-refractivity contribution < 1.29 is 29.3 Å². The Hall–Kier alpha value is -3.84. The Morgan fingerprint density at radius 1 is 0.851 bits per heavy atom. The van der Waals surface area contributed by atoms with Gasteiger partial charge in [-0.3, -0.25) is 9.59 Å². The van der Waals surface area contributed by atoms with Gasteiger partial charge in [0.05, 0.1) is 12.2 Å². The first-order valence-corrected chi connectivity index (χ1v) is 16.7. The van der Waals surface area contributed by atoms with Crippen molar-refractivity contribution in [2.75, 3.05) is 6.61 Å². The van der Waals surface area contributed by atoms with E-state index in [1.165, 1.54) is 6.92 Å². The summed E-state index contributed by atoms with van der Waals surface area (Å²) >= 11 is 0. The summed E-state index contributed by atoms with van der Waals surface area (Å²) < 4.78 is 13.3. The summed E-state index contributed by atoms with van der Waals surface area (Å²) in [5.74, 6) is -2.33. The molecule has 244 valence electrons. The van der Waals surface area contributed by atoms with E-state index >= 15 is 0 Å². The van der Waals surface area contributed by atoms with E-state index < -0.39 is 45.6 Å². The predicted molar refractivity (Wildman–Crippen MR) is 179 cm³/mol. The fraction of sp³-hybridized carbons (Fsp3) is 0.415. The Bertz CT molecular complexity index is 1660. The zero-order chi connectivity index (χ0) is 33.4. The van der Waals surface area contributed by atoms with E-state index in [1.807, 2.05) is 67.6 Å². The number of fused-ring (bicyclic) bond motifs is 5. The van der Waals surface area contributed by atoms with Crippen molar-refractivity contribution in [3.8, 4) is 0 Å². The van der Waals surface area contributed by atoms with Crippen molar-refractivity contribution >= 4 is 11.8 Å². The van der Waals surface area contributed by atoms with Crippen LogP contribution in [0.15, 0.2) is 114 Å². The Labute approximate surface area is 277 Å². The number of esters is 1. The van der Waals surface area contributed by atoms with Crippen molar-refractivity contribution in [2.45, 2.75) is 69.9 Å². The molecule has 0 aliphatic heterocycles. The molecule has 0 bridgehead atoms. The first-order chi connectivity index (χ1) is 22.3. The number of carbonyl (C=O) groups excluding carboxylic acids is 2. The van der Waals surface area contributed by atoms with Gasteiger partial charge in [-0.15, -0.1) is 0 Å². The maximum atomic E-state index is 13.8. The second-order valence-electron chi connectivity index (χ2n) is 14.8. The minimum absolute atomic E-state index is 0.00962. The van der Waals surface area contributed by atoms with Gasteiger partial charge in [-0.05, 0) is 40.2 Å². The van der Waals surface area contributed by atoms with Crippen molar-refractivity contribution in [3.05, 3.63) is 131 Å². The quantitative estimate of drug-likeness (QED) is 0.175. The van der Waals surface area contributed by atoms with E-state index in [0.717, 1.165) is 22.3 Å². The van der Waals surface area contributed by atoms with Crippen LogP contribution in [0.4, 0.5) is 0 Å². The van der Waals surface area contributed by atoms with Crippen LogP contribution >= 0.6 is 0 Å². The molecule has 3 aromatic carbocycles. The van der Waals surface area contributed by atoms with Crippen LogP contribution in [0.1, 0.15) is 64.2 Å². The van der Waals surface area contributed by atoms with Gasteiger partial charge >= 0.3 is 5.97 Å². The molecule has 0 spiro atoms. The second kappa shape index (κ2) is 10.8. The molecule has 7 rings (SSSR count). The number of aliphatic hydroxyl groups is 2. The third-order valence-corrected chi connectivity index (χ3v) is 11.9. The summed E-state index contributed by atoms with van der Waals surface area (Å²) in [7, 11) is 0. The molecule has 0 saturated heterocycles. The SMILES string of the molecule is CC(=O)O[C@@]12C[C@@H](C)[C@]3(O)C4=CC(C)C(=O)[C@@]4(O)CC(COC(c4ccccc4)(c4ccccc4)c4ccccc4)=C[C@H]3[C@@H]1C2(C)C. The Morgan fingerprint density at radius 3 is 1.85 bits per heavy atom. The molecule has 2 N–H and O–H groups in total. The van der Waals surface area contributed by atoms with Crippen LogP contribution < -0.4 is 0 Å². The molecule has 0 aromatic heterocycles. The molecule has 6 nitrogen and oxygen atoms in total. The van der Waals surface area contributed by atoms with Gasteiger partial charge in [0.15, 0.2) is 11.4 Å². The van der Waals surface area contributed by atoms with Crippen LogP contribution in [-0.4, -0.2) is 45.4 Å². The Morgan fingerprint density at radius 2 is 1.36 bits per heavy atom. The number of allylic oxidation sites excluding steroid dienone is 1. The maximum absolute atomic E-state index is 13.8. The number of rotatable bonds is 7. The molecule has 2 saturated carbocycles. The Balaban J connectivity index is 1.39. The molecular weight excluding hydrogens is 588 g/mol. The first kappa shape index (κ1) is 31.7. The summed E-state index contributed by atoms with van der Waals surface area (Å²) in [5, 5.41) is 25.2. The molecule has 1 unspecified atom stereocenters. The van der Waals surface area contributed by atoms with Crippen molar-refractivity contribution in [3.63, 3.8) is 0 Å². The van der Waals surface area contributed by atoms with E-state index in [4.69, 9.17) is 9.47 Å². The first-order valence-electron chi connectivity index (χ1n) is 16.7. The zero-order valence-electron chi connectivity index (χ0n) is 27.8. The average molecular weight is 633 g/mol. The van der Waals surface area contributed by atoms with Crippen LogP contribution in [0.3, 0.4) is 0 Å². The summed E-state index contributed by atoms with van der Waals surface area (Å²) in [4.78, 5) is 26.3. The fourth-order valence-corrected chi connectivity index (χ4v) is 9.67.